The van der Waals surface area contributed by atoms with E-state index in [0.29, 0.717) is 11.1 Å². The Morgan fingerprint density at radius 2 is 2.00 bits per heavy atom. The molecule has 110 valence electrons. The zero-order valence-corrected chi connectivity index (χ0v) is 11.6. The van der Waals surface area contributed by atoms with Gasteiger partial charge in [-0.15, -0.1) is 0 Å². The molecule has 7 heteroatoms. The molecule has 0 amide bonds. The van der Waals surface area contributed by atoms with E-state index in [1.807, 2.05) is 0 Å². The Labute approximate surface area is 124 Å². The van der Waals surface area contributed by atoms with Crippen molar-refractivity contribution in [1.82, 2.24) is 4.98 Å². The molecule has 2 rings (SSSR count). The molecule has 0 aliphatic rings. The third-order valence-electron chi connectivity index (χ3n) is 2.67. The number of ether oxygens (including phenoxy) is 2. The Kier molecular flexibility index (Phi) is 4.70. The van der Waals surface area contributed by atoms with Crippen LogP contribution in [-0.2, 0) is 4.74 Å². The number of rotatable bonds is 4. The molecule has 0 bridgehead atoms. The largest absolute Gasteiger partial charge is 0.465 e. The monoisotopic (exact) mass is 313 g/mol. The minimum Gasteiger partial charge on any atom is -0.465 e. The Bertz CT molecular complexity index is 664. The van der Waals surface area contributed by atoms with E-state index in [-0.39, 0.29) is 16.5 Å². The molecule has 1 aromatic heterocycles. The predicted molar refractivity (Wildman–Crippen MR) is 72.7 cm³/mol. The van der Waals surface area contributed by atoms with Crippen molar-refractivity contribution in [2.75, 3.05) is 7.11 Å². The first-order valence-corrected chi connectivity index (χ1v) is 6.18. The molecule has 0 aliphatic heterocycles. The third-order valence-corrected chi connectivity index (χ3v) is 2.88. The molecule has 0 spiro atoms. The average Bonchev–Trinajstić information content (AvgIpc) is 2.46. The maximum Gasteiger partial charge on any atom is 0.387 e. The second-order valence-corrected chi connectivity index (χ2v) is 4.31. The number of nitrogens with zero attached hydrogens (tertiary/aromatic N) is 1. The molecule has 1 aromatic carbocycles. The van der Waals surface area contributed by atoms with Crippen molar-refractivity contribution >= 4 is 17.6 Å². The van der Waals surface area contributed by atoms with Crippen molar-refractivity contribution in [2.45, 2.75) is 6.61 Å². The van der Waals surface area contributed by atoms with Gasteiger partial charge in [-0.05, 0) is 12.1 Å². The highest BCUT2D eigenvalue weighted by atomic mass is 35.5. The van der Waals surface area contributed by atoms with Crippen LogP contribution in [0.15, 0.2) is 36.5 Å². The maximum atomic E-state index is 12.5. The molecule has 1 heterocycles. The van der Waals surface area contributed by atoms with Crippen molar-refractivity contribution in [3.8, 4) is 16.9 Å². The van der Waals surface area contributed by atoms with Crippen LogP contribution in [0.5, 0.6) is 5.75 Å². The van der Waals surface area contributed by atoms with Crippen LogP contribution in [0.1, 0.15) is 10.4 Å². The minimum atomic E-state index is -2.98. The molecular formula is C14H10ClF2NO3. The molecule has 0 saturated heterocycles. The second-order valence-electron chi connectivity index (χ2n) is 3.92. The summed E-state index contributed by atoms with van der Waals surface area (Å²) in [5.41, 5.74) is 0.702. The van der Waals surface area contributed by atoms with E-state index in [4.69, 9.17) is 11.6 Å². The molecular weight excluding hydrogens is 304 g/mol. The van der Waals surface area contributed by atoms with Crippen molar-refractivity contribution in [3.63, 3.8) is 0 Å². The smallest absolute Gasteiger partial charge is 0.387 e. The molecule has 0 aliphatic carbocycles. The van der Waals surface area contributed by atoms with Gasteiger partial charge in [-0.25, -0.2) is 9.78 Å². The molecule has 4 nitrogen and oxygen atoms in total. The summed E-state index contributed by atoms with van der Waals surface area (Å²) in [6.07, 6.45) is 1.31. The summed E-state index contributed by atoms with van der Waals surface area (Å²) in [5.74, 6) is -0.720. The fourth-order valence-electron chi connectivity index (χ4n) is 1.81. The molecule has 0 saturated carbocycles. The van der Waals surface area contributed by atoms with Gasteiger partial charge in [0.05, 0.1) is 12.7 Å². The van der Waals surface area contributed by atoms with Gasteiger partial charge >= 0.3 is 12.6 Å². The number of benzene rings is 1. The Balaban J connectivity index is 2.59. The highest BCUT2D eigenvalue weighted by molar-refractivity contribution is 6.29. The number of para-hydroxylation sites is 1. The summed E-state index contributed by atoms with van der Waals surface area (Å²) in [4.78, 5) is 15.7. The number of methoxy groups -OCH3 is 1. The number of halogens is 3. The normalized spacial score (nSPS) is 10.5. The first kappa shape index (κ1) is 15.2. The van der Waals surface area contributed by atoms with Gasteiger partial charge < -0.3 is 9.47 Å². The summed E-state index contributed by atoms with van der Waals surface area (Å²) in [5, 5.41) is 0.0893. The molecule has 0 fully saturated rings. The zero-order chi connectivity index (χ0) is 15.4. The molecule has 0 radical (unpaired) electrons. The van der Waals surface area contributed by atoms with Crippen LogP contribution < -0.4 is 4.74 Å². The third kappa shape index (κ3) is 3.46. The molecule has 2 aromatic rings. The predicted octanol–water partition coefficient (Wildman–Crippen LogP) is 3.79. The zero-order valence-electron chi connectivity index (χ0n) is 10.8. The Hall–Kier alpha value is -2.21. The van der Waals surface area contributed by atoms with Gasteiger partial charge in [0.15, 0.2) is 0 Å². The van der Waals surface area contributed by atoms with Gasteiger partial charge in [0, 0.05) is 17.3 Å². The van der Waals surface area contributed by atoms with Crippen LogP contribution in [0, 0.1) is 0 Å². The van der Waals surface area contributed by atoms with Gasteiger partial charge in [0.2, 0.25) is 0 Å². The van der Waals surface area contributed by atoms with E-state index in [0.717, 1.165) is 0 Å². The fraction of sp³-hybridized carbons (Fsp3) is 0.143. The van der Waals surface area contributed by atoms with Gasteiger partial charge in [-0.2, -0.15) is 8.78 Å². The number of alkyl halides is 2. The van der Waals surface area contributed by atoms with E-state index >= 15 is 0 Å². The van der Waals surface area contributed by atoms with Gasteiger partial charge in [-0.3, -0.25) is 0 Å². The lowest BCUT2D eigenvalue weighted by Crippen LogP contribution is -2.07. The quantitative estimate of drug-likeness (QED) is 0.636. The van der Waals surface area contributed by atoms with Crippen molar-refractivity contribution in [3.05, 3.63) is 47.2 Å². The second kappa shape index (κ2) is 6.49. The van der Waals surface area contributed by atoms with E-state index in [9.17, 15) is 13.6 Å². The first-order valence-electron chi connectivity index (χ1n) is 5.81. The highest BCUT2D eigenvalue weighted by Crippen LogP contribution is 2.33. The van der Waals surface area contributed by atoms with Crippen LogP contribution in [-0.4, -0.2) is 24.7 Å². The fourth-order valence-corrected chi connectivity index (χ4v) is 1.97. The van der Waals surface area contributed by atoms with Gasteiger partial charge in [0.1, 0.15) is 10.9 Å². The molecule has 21 heavy (non-hydrogen) atoms. The molecule has 0 N–H and O–H groups in total. The summed E-state index contributed by atoms with van der Waals surface area (Å²) in [6.45, 7) is -2.98. The van der Waals surface area contributed by atoms with E-state index in [1.165, 1.54) is 31.5 Å². The topological polar surface area (TPSA) is 48.4 Å². The van der Waals surface area contributed by atoms with E-state index < -0.39 is 12.6 Å². The lowest BCUT2D eigenvalue weighted by atomic mass is 10.0. The van der Waals surface area contributed by atoms with Crippen molar-refractivity contribution < 1.29 is 23.0 Å². The standard InChI is InChI=1S/C14H10ClF2NO3/c1-20-13(19)9-6-12(15)18-7-10(9)8-4-2-3-5-11(8)21-14(16)17/h2-7,14H,1H3. The van der Waals surface area contributed by atoms with E-state index in [2.05, 4.69) is 14.5 Å². The van der Waals surface area contributed by atoms with Gasteiger partial charge in [0.25, 0.3) is 0 Å². The lowest BCUT2D eigenvalue weighted by Gasteiger charge is -2.13. The number of hydrogen-bond acceptors (Lipinski definition) is 4. The van der Waals surface area contributed by atoms with Crippen LogP contribution in [0.4, 0.5) is 8.78 Å². The van der Waals surface area contributed by atoms with Crippen LogP contribution in [0.3, 0.4) is 0 Å². The molecule has 0 unspecified atom stereocenters. The van der Waals surface area contributed by atoms with Crippen molar-refractivity contribution in [1.29, 1.82) is 0 Å². The van der Waals surface area contributed by atoms with Crippen LogP contribution in [0.25, 0.3) is 11.1 Å². The van der Waals surface area contributed by atoms with Gasteiger partial charge in [-0.1, -0.05) is 29.8 Å². The lowest BCUT2D eigenvalue weighted by molar-refractivity contribution is -0.0494. The van der Waals surface area contributed by atoms with Crippen LogP contribution >= 0.6 is 11.6 Å². The Morgan fingerprint density at radius 1 is 1.29 bits per heavy atom. The molecule has 0 atom stereocenters. The number of carbonyl (C=O) groups is 1. The number of carbonyl (C=O) groups excluding carboxylic acids is 1. The first-order chi connectivity index (χ1) is 10.0. The number of esters is 1. The minimum absolute atomic E-state index is 0.0678. The SMILES string of the molecule is COC(=O)c1cc(Cl)ncc1-c1ccccc1OC(F)F. The maximum absolute atomic E-state index is 12.5. The summed E-state index contributed by atoms with van der Waals surface area (Å²) < 4.78 is 34.0. The Morgan fingerprint density at radius 3 is 2.67 bits per heavy atom. The number of hydrogen-bond donors (Lipinski definition) is 0. The number of pyridine rings is 1. The highest BCUT2D eigenvalue weighted by Gasteiger charge is 2.19. The summed E-state index contributed by atoms with van der Waals surface area (Å²) >= 11 is 5.76. The summed E-state index contributed by atoms with van der Waals surface area (Å²) in [6, 6.07) is 7.39. The van der Waals surface area contributed by atoms with E-state index in [1.54, 1.807) is 12.1 Å². The number of aromatic nitrogens is 1. The van der Waals surface area contributed by atoms with Crippen molar-refractivity contribution in [2.24, 2.45) is 0 Å². The summed E-state index contributed by atoms with van der Waals surface area (Å²) in [7, 11) is 1.21. The van der Waals surface area contributed by atoms with Crippen LogP contribution in [0.2, 0.25) is 5.15 Å². The average molecular weight is 314 g/mol.